The topological polar surface area (TPSA) is 50.7 Å². The molecule has 0 bridgehead atoms. The monoisotopic (exact) mass is 322 g/mol. The van der Waals surface area contributed by atoms with Crippen molar-refractivity contribution in [3.63, 3.8) is 0 Å². The van der Waals surface area contributed by atoms with Crippen molar-refractivity contribution in [3.05, 3.63) is 51.2 Å². The van der Waals surface area contributed by atoms with Gasteiger partial charge in [0, 0.05) is 10.6 Å². The molecule has 0 spiro atoms. The Morgan fingerprint density at radius 2 is 2.29 bits per heavy atom. The Balaban J connectivity index is 1.90. The minimum absolute atomic E-state index is 0.309. The van der Waals surface area contributed by atoms with E-state index in [2.05, 4.69) is 10.5 Å². The zero-order chi connectivity index (χ0) is 15.2. The average Bonchev–Trinajstić information content (AvgIpc) is 2.95. The van der Waals surface area contributed by atoms with Gasteiger partial charge in [-0.05, 0) is 54.4 Å². The second-order valence-corrected chi connectivity index (χ2v) is 5.68. The van der Waals surface area contributed by atoms with Crippen LogP contribution in [-0.2, 0) is 4.79 Å². The maximum Gasteiger partial charge on any atom is 0.280 e. The van der Waals surface area contributed by atoms with Crippen LogP contribution in [0.3, 0.4) is 0 Å². The van der Waals surface area contributed by atoms with E-state index in [-0.39, 0.29) is 5.91 Å². The van der Waals surface area contributed by atoms with Crippen molar-refractivity contribution < 1.29 is 9.53 Å². The van der Waals surface area contributed by atoms with Crippen molar-refractivity contribution in [2.45, 2.75) is 20.0 Å². The lowest BCUT2D eigenvalue weighted by Gasteiger charge is -2.14. The largest absolute Gasteiger partial charge is 0.481 e. The molecule has 1 amide bonds. The third-order valence-corrected chi connectivity index (χ3v) is 3.68. The summed E-state index contributed by atoms with van der Waals surface area (Å²) in [4.78, 5) is 11.9. The van der Waals surface area contributed by atoms with Crippen molar-refractivity contribution in [2.75, 3.05) is 0 Å². The molecule has 0 fully saturated rings. The molecule has 21 heavy (non-hydrogen) atoms. The van der Waals surface area contributed by atoms with Crippen LogP contribution in [0.25, 0.3) is 0 Å². The highest BCUT2D eigenvalue weighted by Crippen LogP contribution is 2.22. The van der Waals surface area contributed by atoms with E-state index < -0.39 is 6.10 Å². The molecule has 110 valence electrons. The zero-order valence-corrected chi connectivity index (χ0v) is 13.2. The minimum Gasteiger partial charge on any atom is -0.481 e. The molecule has 1 heterocycles. The number of benzene rings is 1. The van der Waals surface area contributed by atoms with Gasteiger partial charge < -0.3 is 4.74 Å². The molecule has 0 saturated carbocycles. The number of amides is 1. The van der Waals surface area contributed by atoms with Gasteiger partial charge in [-0.1, -0.05) is 11.6 Å². The van der Waals surface area contributed by atoms with Gasteiger partial charge in [0.15, 0.2) is 6.10 Å². The van der Waals surface area contributed by atoms with Crippen LogP contribution in [0, 0.1) is 6.92 Å². The normalized spacial score (nSPS) is 12.3. The summed E-state index contributed by atoms with van der Waals surface area (Å²) in [6.45, 7) is 3.55. The van der Waals surface area contributed by atoms with Crippen LogP contribution in [0.15, 0.2) is 40.1 Å². The number of hydrogen-bond acceptors (Lipinski definition) is 4. The van der Waals surface area contributed by atoms with Crippen LogP contribution >= 0.6 is 22.9 Å². The Labute approximate surface area is 132 Å². The molecule has 2 rings (SSSR count). The maximum atomic E-state index is 11.9. The van der Waals surface area contributed by atoms with Gasteiger partial charge in [0.2, 0.25) is 0 Å². The maximum absolute atomic E-state index is 11.9. The quantitative estimate of drug-likeness (QED) is 0.675. The highest BCUT2D eigenvalue weighted by atomic mass is 35.5. The molecule has 1 atom stereocenters. The minimum atomic E-state index is -0.649. The summed E-state index contributed by atoms with van der Waals surface area (Å²) < 4.78 is 5.61. The first-order valence-electron chi connectivity index (χ1n) is 6.34. The van der Waals surface area contributed by atoms with Gasteiger partial charge in [-0.25, -0.2) is 5.43 Å². The van der Waals surface area contributed by atoms with Crippen LogP contribution in [0.2, 0.25) is 5.02 Å². The molecule has 0 radical (unpaired) electrons. The van der Waals surface area contributed by atoms with Crippen molar-refractivity contribution in [1.29, 1.82) is 0 Å². The number of aryl methyl sites for hydroxylation is 1. The number of hydrazone groups is 1. The van der Waals surface area contributed by atoms with E-state index in [1.807, 2.05) is 23.8 Å². The molecule has 1 unspecified atom stereocenters. The number of nitrogens with one attached hydrogen (secondary N) is 1. The molecule has 4 nitrogen and oxygen atoms in total. The molecule has 2 aromatic rings. The lowest BCUT2D eigenvalue weighted by atomic mass is 10.2. The summed E-state index contributed by atoms with van der Waals surface area (Å²) in [5.41, 5.74) is 4.28. The van der Waals surface area contributed by atoms with Gasteiger partial charge in [-0.3, -0.25) is 4.79 Å². The van der Waals surface area contributed by atoms with Crippen LogP contribution in [-0.4, -0.2) is 18.2 Å². The number of carbonyl (C=O) groups is 1. The molecule has 6 heteroatoms. The summed E-state index contributed by atoms with van der Waals surface area (Å²) in [5.74, 6) is 0.319. The lowest BCUT2D eigenvalue weighted by Crippen LogP contribution is -2.33. The van der Waals surface area contributed by atoms with E-state index in [0.29, 0.717) is 10.8 Å². The Kier molecular flexibility index (Phi) is 5.36. The van der Waals surface area contributed by atoms with E-state index in [9.17, 15) is 4.79 Å². The van der Waals surface area contributed by atoms with E-state index in [1.165, 1.54) is 0 Å². The molecule has 0 saturated heterocycles. The second-order valence-electron chi connectivity index (χ2n) is 4.46. The number of thiophene rings is 1. The average molecular weight is 323 g/mol. The van der Waals surface area contributed by atoms with E-state index in [1.54, 1.807) is 42.7 Å². The standard InChI is InChI=1S/C15H15ClN2O2S/c1-10-7-13(16)3-4-14(10)20-11(2)15(19)18-17-8-12-5-6-21-9-12/h3-9,11H,1-2H3,(H,18,19). The van der Waals surface area contributed by atoms with Crippen LogP contribution in [0.4, 0.5) is 0 Å². The fourth-order valence-corrected chi connectivity index (χ4v) is 2.44. The highest BCUT2D eigenvalue weighted by molar-refractivity contribution is 7.08. The summed E-state index contributed by atoms with van der Waals surface area (Å²) in [5, 5.41) is 8.41. The second kappa shape index (κ2) is 7.24. The van der Waals surface area contributed by atoms with Gasteiger partial charge in [0.05, 0.1) is 6.21 Å². The number of ether oxygens (including phenoxy) is 1. The molecule has 1 aromatic carbocycles. The van der Waals surface area contributed by atoms with Gasteiger partial charge in [0.25, 0.3) is 5.91 Å². The van der Waals surface area contributed by atoms with E-state index in [0.717, 1.165) is 11.1 Å². The predicted octanol–water partition coefficient (Wildman–Crippen LogP) is 3.63. The number of carbonyl (C=O) groups excluding carboxylic acids is 1. The van der Waals surface area contributed by atoms with Crippen LogP contribution in [0.5, 0.6) is 5.75 Å². The summed E-state index contributed by atoms with van der Waals surface area (Å²) in [7, 11) is 0. The van der Waals surface area contributed by atoms with E-state index >= 15 is 0 Å². The molecule has 0 aliphatic carbocycles. The van der Waals surface area contributed by atoms with Gasteiger partial charge in [-0.2, -0.15) is 16.4 Å². The van der Waals surface area contributed by atoms with Gasteiger partial charge in [0.1, 0.15) is 5.75 Å². The Hall–Kier alpha value is -1.85. The van der Waals surface area contributed by atoms with Crippen LogP contribution < -0.4 is 10.2 Å². The fraction of sp³-hybridized carbons (Fsp3) is 0.200. The van der Waals surface area contributed by atoms with Crippen molar-refractivity contribution in [1.82, 2.24) is 5.43 Å². The number of hydrogen-bond donors (Lipinski definition) is 1. The number of nitrogens with zero attached hydrogens (tertiary/aromatic N) is 1. The summed E-state index contributed by atoms with van der Waals surface area (Å²) in [6.07, 6.45) is 0.943. The van der Waals surface area contributed by atoms with Crippen molar-refractivity contribution in [3.8, 4) is 5.75 Å². The third-order valence-electron chi connectivity index (χ3n) is 2.74. The highest BCUT2D eigenvalue weighted by Gasteiger charge is 2.15. The molecular formula is C15H15ClN2O2S. The first-order chi connectivity index (χ1) is 10.1. The molecule has 1 N–H and O–H groups in total. The van der Waals surface area contributed by atoms with Crippen molar-refractivity contribution in [2.24, 2.45) is 5.10 Å². The lowest BCUT2D eigenvalue weighted by molar-refractivity contribution is -0.127. The Morgan fingerprint density at radius 3 is 2.95 bits per heavy atom. The SMILES string of the molecule is Cc1cc(Cl)ccc1OC(C)C(=O)NN=Cc1ccsc1. The smallest absolute Gasteiger partial charge is 0.280 e. The van der Waals surface area contributed by atoms with Gasteiger partial charge >= 0.3 is 0 Å². The molecule has 1 aromatic heterocycles. The summed E-state index contributed by atoms with van der Waals surface area (Å²) in [6, 6.07) is 7.17. The van der Waals surface area contributed by atoms with E-state index in [4.69, 9.17) is 16.3 Å². The fourth-order valence-electron chi connectivity index (χ4n) is 1.60. The first kappa shape index (κ1) is 15.5. The number of rotatable bonds is 5. The van der Waals surface area contributed by atoms with Crippen molar-refractivity contribution >= 4 is 35.1 Å². The van der Waals surface area contributed by atoms with Gasteiger partial charge in [-0.15, -0.1) is 0 Å². The first-order valence-corrected chi connectivity index (χ1v) is 7.66. The predicted molar refractivity (Wildman–Crippen MR) is 86.3 cm³/mol. The van der Waals surface area contributed by atoms with Crippen LogP contribution in [0.1, 0.15) is 18.1 Å². The molecule has 0 aliphatic rings. The molecule has 0 aliphatic heterocycles. The summed E-state index contributed by atoms with van der Waals surface area (Å²) >= 11 is 7.45. The Bertz CT molecular complexity index is 641. The number of halogens is 1. The Morgan fingerprint density at radius 1 is 1.48 bits per heavy atom. The zero-order valence-electron chi connectivity index (χ0n) is 11.7. The third kappa shape index (κ3) is 4.58. The molecular weight excluding hydrogens is 308 g/mol.